The Morgan fingerprint density at radius 1 is 1.22 bits per heavy atom. The maximum Gasteiger partial charge on any atom is 0.373 e. The Morgan fingerprint density at radius 3 is 2.59 bits per heavy atom. The number of carbonyl (C=O) groups is 1. The topological polar surface area (TPSA) is 90.6 Å². The molecule has 6 nitrogen and oxygen atoms in total. The minimum Gasteiger partial charge on any atom is -0.437 e. The Labute approximate surface area is 160 Å². The number of rotatable bonds is 6. The fourth-order valence-electron chi connectivity index (χ4n) is 3.40. The molecule has 1 amide bonds. The van der Waals surface area contributed by atoms with Gasteiger partial charge in [-0.2, -0.15) is 0 Å². The van der Waals surface area contributed by atoms with Crippen LogP contribution in [0.3, 0.4) is 0 Å². The summed E-state index contributed by atoms with van der Waals surface area (Å²) in [5, 5.41) is 15.4. The van der Waals surface area contributed by atoms with E-state index in [-0.39, 0.29) is 5.91 Å². The lowest BCUT2D eigenvalue weighted by molar-refractivity contribution is 0.102. The van der Waals surface area contributed by atoms with Crippen molar-refractivity contribution in [2.45, 2.75) is 19.7 Å². The van der Waals surface area contributed by atoms with Crippen LogP contribution in [0.1, 0.15) is 23.2 Å². The molecule has 2 aromatic rings. The molecule has 1 aliphatic heterocycles. The summed E-state index contributed by atoms with van der Waals surface area (Å²) in [5.74, 6) is 0.403. The molecule has 1 saturated heterocycles. The molecule has 0 aliphatic carbocycles. The first-order valence-corrected chi connectivity index (χ1v) is 9.45. The molecular weight excluding hydrogens is 339 g/mol. The number of amides is 1. The normalized spacial score (nSPS) is 14.8. The number of carbonyl (C=O) groups excluding carboxylic acids is 1. The second-order valence-corrected chi connectivity index (χ2v) is 7.11. The standard InChI is InChI=1S/C20H27BN4O2/c1-21(27)23-14-15-9-11-25(12-10-15)19-13-16(7-8-18(19)22)20(26)24-17-5-3-2-4-6-17/h2-8,13,15,23,27H,9-12,14,22H2,1H3,(H,24,26). The van der Waals surface area contributed by atoms with Crippen LogP contribution in [0.15, 0.2) is 48.5 Å². The highest BCUT2D eigenvalue weighted by Gasteiger charge is 2.22. The van der Waals surface area contributed by atoms with Crippen molar-refractivity contribution in [1.82, 2.24) is 5.23 Å². The van der Waals surface area contributed by atoms with E-state index in [1.165, 1.54) is 0 Å². The molecule has 3 rings (SSSR count). The predicted octanol–water partition coefficient (Wildman–Crippen LogP) is 2.44. The zero-order valence-electron chi connectivity index (χ0n) is 15.7. The SMILES string of the molecule is CB(O)NCC1CCN(c2cc(C(=O)Nc3ccccc3)ccc2N)CC1. The number of nitrogens with zero attached hydrogens (tertiary/aromatic N) is 1. The summed E-state index contributed by atoms with van der Waals surface area (Å²) < 4.78 is 0. The van der Waals surface area contributed by atoms with E-state index in [4.69, 9.17) is 5.73 Å². The van der Waals surface area contributed by atoms with Gasteiger partial charge in [0.15, 0.2) is 0 Å². The molecule has 1 heterocycles. The first-order chi connectivity index (χ1) is 13.0. The lowest BCUT2D eigenvalue weighted by Gasteiger charge is -2.34. The number of nitrogens with one attached hydrogen (secondary N) is 2. The van der Waals surface area contributed by atoms with Gasteiger partial charge in [0.1, 0.15) is 0 Å². The van der Waals surface area contributed by atoms with E-state index in [0.29, 0.717) is 17.2 Å². The van der Waals surface area contributed by atoms with Gasteiger partial charge in [-0.25, -0.2) is 0 Å². The van der Waals surface area contributed by atoms with Crippen molar-refractivity contribution < 1.29 is 9.82 Å². The molecule has 2 aromatic carbocycles. The first-order valence-electron chi connectivity index (χ1n) is 9.45. The smallest absolute Gasteiger partial charge is 0.373 e. The molecule has 27 heavy (non-hydrogen) atoms. The Morgan fingerprint density at radius 2 is 1.93 bits per heavy atom. The lowest BCUT2D eigenvalue weighted by atomic mass is 9.86. The monoisotopic (exact) mass is 366 g/mol. The molecule has 0 atom stereocenters. The number of hydrogen-bond donors (Lipinski definition) is 4. The van der Waals surface area contributed by atoms with E-state index in [2.05, 4.69) is 15.4 Å². The molecule has 0 radical (unpaired) electrons. The van der Waals surface area contributed by atoms with E-state index in [1.807, 2.05) is 36.4 Å². The Hall–Kier alpha value is -2.51. The van der Waals surface area contributed by atoms with Crippen LogP contribution >= 0.6 is 0 Å². The maximum absolute atomic E-state index is 12.6. The van der Waals surface area contributed by atoms with E-state index in [1.54, 1.807) is 19.0 Å². The van der Waals surface area contributed by atoms with Crippen LogP contribution in [0, 0.1) is 5.92 Å². The van der Waals surface area contributed by atoms with Crippen molar-refractivity contribution >= 4 is 30.0 Å². The minimum atomic E-state index is -0.474. The third kappa shape index (κ3) is 5.24. The third-order valence-electron chi connectivity index (χ3n) is 4.98. The Bertz CT molecular complexity index is 762. The van der Waals surface area contributed by atoms with Crippen LogP contribution in [0.4, 0.5) is 17.1 Å². The summed E-state index contributed by atoms with van der Waals surface area (Å²) >= 11 is 0. The van der Waals surface area contributed by atoms with Crippen molar-refractivity contribution in [2.75, 3.05) is 35.6 Å². The van der Waals surface area contributed by atoms with Gasteiger partial charge >= 0.3 is 7.05 Å². The van der Waals surface area contributed by atoms with Crippen LogP contribution in [0.25, 0.3) is 0 Å². The van der Waals surface area contributed by atoms with Gasteiger partial charge in [-0.1, -0.05) is 18.2 Å². The van der Waals surface area contributed by atoms with Gasteiger partial charge in [0.25, 0.3) is 5.91 Å². The number of para-hydroxylation sites is 1. The van der Waals surface area contributed by atoms with E-state index < -0.39 is 7.05 Å². The summed E-state index contributed by atoms with van der Waals surface area (Å²) in [4.78, 5) is 14.8. The first kappa shape index (κ1) is 19.3. The second kappa shape index (κ2) is 8.93. The zero-order valence-corrected chi connectivity index (χ0v) is 15.7. The molecule has 1 fully saturated rings. The molecule has 5 N–H and O–H groups in total. The average Bonchev–Trinajstić information content (AvgIpc) is 2.68. The van der Waals surface area contributed by atoms with Gasteiger partial charge in [-0.05, 0) is 62.5 Å². The van der Waals surface area contributed by atoms with Gasteiger partial charge in [-0.15, -0.1) is 0 Å². The highest BCUT2D eigenvalue weighted by Crippen LogP contribution is 2.29. The molecular formula is C20H27BN4O2. The number of nitrogen functional groups attached to an aromatic ring is 1. The van der Waals surface area contributed by atoms with Crippen molar-refractivity contribution in [1.29, 1.82) is 0 Å². The Balaban J connectivity index is 1.65. The molecule has 0 aromatic heterocycles. The van der Waals surface area contributed by atoms with Crippen LogP contribution in [0.5, 0.6) is 0 Å². The molecule has 0 saturated carbocycles. The number of piperidine rings is 1. The van der Waals surface area contributed by atoms with Crippen LogP contribution < -0.4 is 21.2 Å². The summed E-state index contributed by atoms with van der Waals surface area (Å²) in [6, 6.07) is 14.9. The quantitative estimate of drug-likeness (QED) is 0.466. The number of anilines is 3. The zero-order chi connectivity index (χ0) is 19.2. The van der Waals surface area contributed by atoms with E-state index in [9.17, 15) is 9.82 Å². The fourth-order valence-corrected chi connectivity index (χ4v) is 3.40. The van der Waals surface area contributed by atoms with Crippen molar-refractivity contribution in [2.24, 2.45) is 5.92 Å². The van der Waals surface area contributed by atoms with Crippen LogP contribution in [0.2, 0.25) is 6.82 Å². The fraction of sp³-hybridized carbons (Fsp3) is 0.350. The van der Waals surface area contributed by atoms with Crippen LogP contribution in [-0.4, -0.2) is 37.6 Å². The summed E-state index contributed by atoms with van der Waals surface area (Å²) in [6.07, 6.45) is 2.05. The van der Waals surface area contributed by atoms with E-state index >= 15 is 0 Å². The minimum absolute atomic E-state index is 0.140. The van der Waals surface area contributed by atoms with Crippen molar-refractivity contribution in [3.63, 3.8) is 0 Å². The molecule has 7 heteroatoms. The van der Waals surface area contributed by atoms with Crippen molar-refractivity contribution in [3.8, 4) is 0 Å². The predicted molar refractivity (Wildman–Crippen MR) is 112 cm³/mol. The Kier molecular flexibility index (Phi) is 6.37. The molecule has 0 bridgehead atoms. The van der Waals surface area contributed by atoms with E-state index in [0.717, 1.165) is 43.9 Å². The van der Waals surface area contributed by atoms with Crippen LogP contribution in [-0.2, 0) is 0 Å². The summed E-state index contributed by atoms with van der Waals surface area (Å²) in [7, 11) is -0.474. The number of nitrogens with two attached hydrogens (primary N) is 1. The highest BCUT2D eigenvalue weighted by atomic mass is 16.2. The largest absolute Gasteiger partial charge is 0.437 e. The maximum atomic E-state index is 12.6. The van der Waals surface area contributed by atoms with Gasteiger partial charge in [0, 0.05) is 24.3 Å². The molecule has 0 spiro atoms. The van der Waals surface area contributed by atoms with Gasteiger partial charge in [0.2, 0.25) is 0 Å². The second-order valence-electron chi connectivity index (χ2n) is 7.11. The van der Waals surface area contributed by atoms with Crippen molar-refractivity contribution in [3.05, 3.63) is 54.1 Å². The molecule has 1 aliphatic rings. The van der Waals surface area contributed by atoms with Gasteiger partial charge in [-0.3, -0.25) is 4.79 Å². The van der Waals surface area contributed by atoms with Gasteiger partial charge in [0.05, 0.1) is 11.4 Å². The summed E-state index contributed by atoms with van der Waals surface area (Å²) in [5.41, 5.74) is 9.16. The third-order valence-corrected chi connectivity index (χ3v) is 4.98. The molecule has 0 unspecified atom stereocenters. The number of hydrogen-bond acceptors (Lipinski definition) is 5. The average molecular weight is 366 g/mol. The highest BCUT2D eigenvalue weighted by molar-refractivity contribution is 6.45. The molecule has 142 valence electrons. The summed E-state index contributed by atoms with van der Waals surface area (Å²) in [6.45, 7) is 4.34. The lowest BCUT2D eigenvalue weighted by Crippen LogP contribution is -2.41. The number of benzene rings is 2. The van der Waals surface area contributed by atoms with Gasteiger partial charge < -0.3 is 26.2 Å².